The summed E-state index contributed by atoms with van der Waals surface area (Å²) in [6.45, 7) is 1.34. The predicted molar refractivity (Wildman–Crippen MR) is 109 cm³/mol. The molecule has 3 aromatic rings. The lowest BCUT2D eigenvalue weighted by Crippen LogP contribution is -2.09. The molecule has 0 aliphatic carbocycles. The maximum absolute atomic E-state index is 13.3. The number of pyridine rings is 3. The molecule has 0 aliphatic rings. The van der Waals surface area contributed by atoms with E-state index in [1.54, 1.807) is 0 Å². The Bertz CT molecular complexity index is 1200. The number of anilines is 3. The summed E-state index contributed by atoms with van der Waals surface area (Å²) in [5.41, 5.74) is 1.30. The first kappa shape index (κ1) is 21.1. The number of nitrogens with one attached hydrogen (secondary N) is 2. The first-order valence-corrected chi connectivity index (χ1v) is 10.5. The third-order valence-corrected chi connectivity index (χ3v) is 4.83. The van der Waals surface area contributed by atoms with Gasteiger partial charge in [0.05, 0.1) is 24.7 Å². The number of ether oxygens (including phenoxy) is 1. The second-order valence-electron chi connectivity index (χ2n) is 6.29. The van der Waals surface area contributed by atoms with Gasteiger partial charge in [-0.2, -0.15) is 0 Å². The van der Waals surface area contributed by atoms with Crippen LogP contribution in [0.4, 0.5) is 21.7 Å². The first-order valence-electron chi connectivity index (χ1n) is 8.58. The highest BCUT2D eigenvalue weighted by atomic mass is 32.2. The van der Waals surface area contributed by atoms with Crippen LogP contribution in [-0.4, -0.2) is 42.6 Å². The van der Waals surface area contributed by atoms with E-state index in [4.69, 9.17) is 4.74 Å². The molecule has 0 saturated carbocycles. The fourth-order valence-electron chi connectivity index (χ4n) is 2.54. The van der Waals surface area contributed by atoms with Gasteiger partial charge in [-0.05, 0) is 12.1 Å². The molecule has 0 unspecified atom stereocenters. The quantitative estimate of drug-likeness (QED) is 0.611. The lowest BCUT2D eigenvalue weighted by Gasteiger charge is -2.14. The van der Waals surface area contributed by atoms with Gasteiger partial charge in [0.25, 0.3) is 0 Å². The predicted octanol–water partition coefficient (Wildman–Crippen LogP) is 2.79. The molecule has 0 fully saturated rings. The van der Waals surface area contributed by atoms with Crippen LogP contribution in [0.1, 0.15) is 6.92 Å². The molecule has 0 radical (unpaired) electrons. The Morgan fingerprint density at radius 1 is 1.10 bits per heavy atom. The summed E-state index contributed by atoms with van der Waals surface area (Å²) in [6.07, 6.45) is 3.55. The van der Waals surface area contributed by atoms with Gasteiger partial charge in [-0.3, -0.25) is 9.78 Å². The molecule has 2 N–H and O–H groups in total. The summed E-state index contributed by atoms with van der Waals surface area (Å²) < 4.78 is 42.3. The lowest BCUT2D eigenvalue weighted by molar-refractivity contribution is -0.114. The van der Waals surface area contributed by atoms with Gasteiger partial charge in [-0.25, -0.2) is 22.8 Å². The third kappa shape index (κ3) is 5.06. The number of nitrogens with zero attached hydrogens (tertiary/aromatic N) is 3. The topological polar surface area (TPSA) is 123 Å². The van der Waals surface area contributed by atoms with Crippen LogP contribution in [-0.2, 0) is 14.6 Å². The van der Waals surface area contributed by atoms with E-state index in [0.717, 1.165) is 12.5 Å². The Morgan fingerprint density at radius 3 is 2.47 bits per heavy atom. The third-order valence-electron chi connectivity index (χ3n) is 3.87. The van der Waals surface area contributed by atoms with Crippen molar-refractivity contribution in [2.24, 2.45) is 0 Å². The van der Waals surface area contributed by atoms with Crippen LogP contribution in [0.25, 0.3) is 11.3 Å². The van der Waals surface area contributed by atoms with Crippen LogP contribution in [0, 0.1) is 5.82 Å². The number of sulfone groups is 1. The second kappa shape index (κ2) is 8.41. The summed E-state index contributed by atoms with van der Waals surface area (Å²) >= 11 is 0. The number of halogens is 1. The van der Waals surface area contributed by atoms with Crippen molar-refractivity contribution in [3.05, 3.63) is 48.5 Å². The molecule has 0 saturated heterocycles. The molecule has 0 aliphatic heterocycles. The zero-order valence-corrected chi connectivity index (χ0v) is 17.1. The fraction of sp³-hybridized carbons (Fsp3) is 0.158. The fourth-order valence-corrected chi connectivity index (χ4v) is 3.13. The van der Waals surface area contributed by atoms with Crippen LogP contribution in [0.5, 0.6) is 5.75 Å². The zero-order valence-electron chi connectivity index (χ0n) is 16.3. The average Bonchev–Trinajstić information content (AvgIpc) is 2.67. The number of methoxy groups -OCH3 is 1. The van der Waals surface area contributed by atoms with Crippen molar-refractivity contribution in [2.75, 3.05) is 24.0 Å². The minimum absolute atomic E-state index is 0.179. The molecular weight excluding hydrogens is 413 g/mol. The highest BCUT2D eigenvalue weighted by Gasteiger charge is 2.15. The maximum atomic E-state index is 13.3. The maximum Gasteiger partial charge on any atom is 0.222 e. The minimum Gasteiger partial charge on any atom is -0.497 e. The van der Waals surface area contributed by atoms with Crippen molar-refractivity contribution in [1.82, 2.24) is 15.0 Å². The van der Waals surface area contributed by atoms with Gasteiger partial charge < -0.3 is 15.4 Å². The molecule has 1 amide bonds. The number of carbonyl (C=O) groups excluding carboxylic acids is 1. The molecule has 30 heavy (non-hydrogen) atoms. The molecule has 3 heterocycles. The summed E-state index contributed by atoms with van der Waals surface area (Å²) in [5, 5.41) is 5.39. The van der Waals surface area contributed by atoms with E-state index in [-0.39, 0.29) is 28.3 Å². The lowest BCUT2D eigenvalue weighted by atomic mass is 10.1. The number of hydrogen-bond donors (Lipinski definition) is 2. The van der Waals surface area contributed by atoms with Crippen molar-refractivity contribution >= 4 is 33.1 Å². The van der Waals surface area contributed by atoms with Crippen LogP contribution in [0.2, 0.25) is 0 Å². The van der Waals surface area contributed by atoms with Gasteiger partial charge in [-0.15, -0.1) is 0 Å². The van der Waals surface area contributed by atoms with Crippen LogP contribution in [0.3, 0.4) is 0 Å². The summed E-state index contributed by atoms with van der Waals surface area (Å²) in [5.74, 6) is -0.103. The Kier molecular flexibility index (Phi) is 5.92. The van der Waals surface area contributed by atoms with Gasteiger partial charge in [-0.1, -0.05) is 0 Å². The molecule has 0 aromatic carbocycles. The molecule has 9 nitrogen and oxygen atoms in total. The molecule has 0 bridgehead atoms. The Morgan fingerprint density at radius 2 is 1.87 bits per heavy atom. The zero-order chi connectivity index (χ0) is 21.9. The SMILES string of the molecule is COc1cc(Nc2cc(NC(C)=O)ncc2-c2ccc(F)cn2)nc(S(C)(=O)=O)c1. The molecular formula is C19H18FN5O4S. The number of aromatic nitrogens is 3. The summed E-state index contributed by atoms with van der Waals surface area (Å²) in [7, 11) is -2.19. The van der Waals surface area contributed by atoms with Gasteiger partial charge in [0, 0.05) is 43.1 Å². The van der Waals surface area contributed by atoms with Crippen LogP contribution in [0.15, 0.2) is 47.8 Å². The number of carbonyl (C=O) groups is 1. The molecule has 11 heteroatoms. The van der Waals surface area contributed by atoms with Crippen molar-refractivity contribution in [3.63, 3.8) is 0 Å². The van der Waals surface area contributed by atoms with E-state index in [9.17, 15) is 17.6 Å². The van der Waals surface area contributed by atoms with Crippen molar-refractivity contribution in [2.45, 2.75) is 11.9 Å². The molecule has 0 spiro atoms. The smallest absolute Gasteiger partial charge is 0.222 e. The van der Waals surface area contributed by atoms with E-state index in [1.165, 1.54) is 50.6 Å². The standard InChI is InChI=1S/C19H18FN5O4S/c1-11(26)23-17-8-16(14(10-22-17)15-5-4-12(20)9-21-15)24-18-6-13(29-2)7-19(25-18)30(3,27)28/h4-10H,1-3H3,(H2,22,23,24,25,26). The summed E-state index contributed by atoms with van der Waals surface area (Å²) in [4.78, 5) is 23.7. The number of hydrogen-bond acceptors (Lipinski definition) is 8. The molecule has 0 atom stereocenters. The van der Waals surface area contributed by atoms with Crippen LogP contribution < -0.4 is 15.4 Å². The minimum atomic E-state index is -3.60. The first-order chi connectivity index (χ1) is 14.2. The normalized spacial score (nSPS) is 11.1. The Labute approximate surface area is 172 Å². The molecule has 3 aromatic heterocycles. The largest absolute Gasteiger partial charge is 0.497 e. The van der Waals surface area contributed by atoms with Crippen molar-refractivity contribution in [1.29, 1.82) is 0 Å². The van der Waals surface area contributed by atoms with Gasteiger partial charge in [0.15, 0.2) is 14.9 Å². The average molecular weight is 431 g/mol. The van der Waals surface area contributed by atoms with E-state index in [0.29, 0.717) is 16.9 Å². The van der Waals surface area contributed by atoms with E-state index >= 15 is 0 Å². The second-order valence-corrected chi connectivity index (χ2v) is 8.25. The van der Waals surface area contributed by atoms with Crippen molar-refractivity contribution in [3.8, 4) is 17.0 Å². The highest BCUT2D eigenvalue weighted by Crippen LogP contribution is 2.31. The monoisotopic (exact) mass is 431 g/mol. The highest BCUT2D eigenvalue weighted by molar-refractivity contribution is 7.90. The van der Waals surface area contributed by atoms with Gasteiger partial charge in [0.1, 0.15) is 23.2 Å². The van der Waals surface area contributed by atoms with E-state index < -0.39 is 15.7 Å². The number of amides is 1. The summed E-state index contributed by atoms with van der Waals surface area (Å²) in [6, 6.07) is 7.06. The van der Waals surface area contributed by atoms with Gasteiger partial charge >= 0.3 is 0 Å². The Balaban J connectivity index is 2.11. The molecule has 156 valence electrons. The number of rotatable bonds is 6. The van der Waals surface area contributed by atoms with E-state index in [2.05, 4.69) is 25.6 Å². The van der Waals surface area contributed by atoms with Crippen molar-refractivity contribution < 1.29 is 22.3 Å². The van der Waals surface area contributed by atoms with Gasteiger partial charge in [0.2, 0.25) is 5.91 Å². The molecule has 3 rings (SSSR count). The Hall–Kier alpha value is -3.60. The van der Waals surface area contributed by atoms with E-state index in [1.807, 2.05) is 0 Å². The van der Waals surface area contributed by atoms with Crippen LogP contribution >= 0.6 is 0 Å².